The number of likely N-dealkylation sites (tertiary alicyclic amines) is 1. The molecule has 0 spiro atoms. The number of anilines is 1. The molecule has 1 amide bonds. The molecule has 1 unspecified atom stereocenters. The molecule has 0 saturated carbocycles. The Kier molecular flexibility index (Phi) is 4.24. The van der Waals surface area contributed by atoms with Gasteiger partial charge in [0.2, 0.25) is 5.91 Å². The van der Waals surface area contributed by atoms with Crippen LogP contribution in [0.2, 0.25) is 0 Å². The minimum absolute atomic E-state index is 0.228. The van der Waals surface area contributed by atoms with E-state index in [4.69, 9.17) is 0 Å². The monoisotopic (exact) mass is 337 g/mol. The molecule has 1 aromatic carbocycles. The van der Waals surface area contributed by atoms with Crippen molar-refractivity contribution in [2.24, 2.45) is 5.92 Å². The van der Waals surface area contributed by atoms with Crippen LogP contribution in [-0.2, 0) is 11.2 Å². The first-order valence-electron chi connectivity index (χ1n) is 8.39. The number of tetrazole rings is 1. The number of nitrogens with one attached hydrogen (secondary N) is 1. The number of fused-ring (bicyclic) bond motifs is 1. The third-order valence-corrected chi connectivity index (χ3v) is 4.45. The summed E-state index contributed by atoms with van der Waals surface area (Å²) in [6.45, 7) is 2.26. The van der Waals surface area contributed by atoms with E-state index in [2.05, 4.69) is 38.1 Å². The van der Waals surface area contributed by atoms with Gasteiger partial charge in [-0.3, -0.25) is 4.79 Å². The second-order valence-electron chi connectivity index (χ2n) is 6.27. The quantitative estimate of drug-likeness (QED) is 0.722. The van der Waals surface area contributed by atoms with Gasteiger partial charge in [-0.05, 0) is 34.5 Å². The molecule has 3 heterocycles. The summed E-state index contributed by atoms with van der Waals surface area (Å²) in [6, 6.07) is 13.9. The van der Waals surface area contributed by atoms with Crippen molar-refractivity contribution in [3.63, 3.8) is 0 Å². The fourth-order valence-corrected chi connectivity index (χ4v) is 3.11. The van der Waals surface area contributed by atoms with E-state index in [0.29, 0.717) is 24.4 Å². The lowest BCUT2D eigenvalue weighted by atomic mass is 10.1. The molecule has 3 aromatic rings. The fourth-order valence-electron chi connectivity index (χ4n) is 3.11. The van der Waals surface area contributed by atoms with Crippen molar-refractivity contribution in [3.8, 4) is 0 Å². The van der Waals surface area contributed by atoms with E-state index in [0.717, 1.165) is 19.5 Å². The molecular formula is C17H19N7O. The van der Waals surface area contributed by atoms with Crippen LogP contribution in [0, 0.1) is 5.92 Å². The molecular weight excluding hydrogens is 318 g/mol. The summed E-state index contributed by atoms with van der Waals surface area (Å²) in [5.41, 5.74) is 1.87. The molecule has 1 fully saturated rings. The van der Waals surface area contributed by atoms with Gasteiger partial charge in [0.05, 0.1) is 0 Å². The Morgan fingerprint density at radius 1 is 1.16 bits per heavy atom. The highest BCUT2D eigenvalue weighted by Gasteiger charge is 2.29. The van der Waals surface area contributed by atoms with Crippen LogP contribution in [0.5, 0.6) is 0 Å². The van der Waals surface area contributed by atoms with Gasteiger partial charge in [0.1, 0.15) is 5.82 Å². The fraction of sp³-hybridized carbons (Fsp3) is 0.353. The highest BCUT2D eigenvalue weighted by atomic mass is 16.2. The lowest BCUT2D eigenvalue weighted by Crippen LogP contribution is -2.28. The Balaban J connectivity index is 1.29. The van der Waals surface area contributed by atoms with Crippen LogP contribution in [-0.4, -0.2) is 55.7 Å². The summed E-state index contributed by atoms with van der Waals surface area (Å²) in [5.74, 6) is 1.22. The number of carbonyl (C=O) groups is 1. The lowest BCUT2D eigenvalue weighted by molar-refractivity contribution is -0.127. The summed E-state index contributed by atoms with van der Waals surface area (Å²) in [7, 11) is 0. The molecule has 128 valence electrons. The summed E-state index contributed by atoms with van der Waals surface area (Å²) in [4.78, 5) is 14.2. The topological polar surface area (TPSA) is 88.3 Å². The van der Waals surface area contributed by atoms with E-state index in [1.54, 1.807) is 6.07 Å². The first-order valence-corrected chi connectivity index (χ1v) is 8.39. The first-order chi connectivity index (χ1) is 12.3. The van der Waals surface area contributed by atoms with Gasteiger partial charge in [-0.1, -0.05) is 30.3 Å². The number of nitrogens with zero attached hydrogens (tertiary/aromatic N) is 6. The van der Waals surface area contributed by atoms with Crippen LogP contribution in [0.25, 0.3) is 5.65 Å². The second-order valence-corrected chi connectivity index (χ2v) is 6.27. The van der Waals surface area contributed by atoms with Crippen molar-refractivity contribution in [2.75, 3.05) is 25.0 Å². The highest BCUT2D eigenvalue weighted by Crippen LogP contribution is 2.19. The molecule has 8 heteroatoms. The van der Waals surface area contributed by atoms with Crippen LogP contribution in [0.4, 0.5) is 5.82 Å². The van der Waals surface area contributed by atoms with Crippen LogP contribution < -0.4 is 5.32 Å². The molecule has 1 aliphatic rings. The van der Waals surface area contributed by atoms with Crippen LogP contribution >= 0.6 is 0 Å². The Hall–Kier alpha value is -3.03. The Labute approximate surface area is 144 Å². The van der Waals surface area contributed by atoms with Crippen molar-refractivity contribution in [1.29, 1.82) is 0 Å². The van der Waals surface area contributed by atoms with Crippen molar-refractivity contribution >= 4 is 17.4 Å². The average Bonchev–Trinajstić information content (AvgIpc) is 3.25. The van der Waals surface area contributed by atoms with Crippen LogP contribution in [0.15, 0.2) is 42.5 Å². The highest BCUT2D eigenvalue weighted by molar-refractivity contribution is 5.78. The summed E-state index contributed by atoms with van der Waals surface area (Å²) in [5, 5.41) is 18.7. The van der Waals surface area contributed by atoms with Gasteiger partial charge in [-0.25, -0.2) is 0 Å². The van der Waals surface area contributed by atoms with Gasteiger partial charge < -0.3 is 10.2 Å². The number of amides is 1. The Bertz CT molecular complexity index is 864. The van der Waals surface area contributed by atoms with Crippen molar-refractivity contribution < 1.29 is 4.79 Å². The normalized spacial score (nSPS) is 17.4. The van der Waals surface area contributed by atoms with Crippen molar-refractivity contribution in [3.05, 3.63) is 48.0 Å². The third kappa shape index (κ3) is 3.57. The van der Waals surface area contributed by atoms with Crippen molar-refractivity contribution in [2.45, 2.75) is 12.8 Å². The van der Waals surface area contributed by atoms with Crippen LogP contribution in [0.3, 0.4) is 0 Å². The standard InChI is InChI=1S/C17H19N7O/c25-17-10-14(12-23(17)9-8-13-4-2-1-3-5-13)11-18-15-6-7-16-19-21-22-24(16)20-15/h1-7,14H,8-12H2,(H,18,20). The van der Waals surface area contributed by atoms with Crippen molar-refractivity contribution in [1.82, 2.24) is 30.2 Å². The molecule has 0 aliphatic carbocycles. The SMILES string of the molecule is O=C1CC(CNc2ccc3nnnn3n2)CN1CCc1ccccc1. The van der Waals surface area contributed by atoms with E-state index in [9.17, 15) is 4.79 Å². The number of rotatable bonds is 6. The number of carbonyl (C=O) groups excluding carboxylic acids is 1. The van der Waals surface area contributed by atoms with Gasteiger partial charge >= 0.3 is 0 Å². The summed E-state index contributed by atoms with van der Waals surface area (Å²) < 4.78 is 1.38. The van der Waals surface area contributed by atoms with Crippen LogP contribution in [0.1, 0.15) is 12.0 Å². The minimum Gasteiger partial charge on any atom is -0.368 e. The molecule has 25 heavy (non-hydrogen) atoms. The van der Waals surface area contributed by atoms with E-state index in [1.807, 2.05) is 29.2 Å². The number of hydrogen-bond acceptors (Lipinski definition) is 6. The zero-order valence-corrected chi connectivity index (χ0v) is 13.7. The molecule has 1 aliphatic heterocycles. The molecule has 0 bridgehead atoms. The second kappa shape index (κ2) is 6.84. The molecule has 4 rings (SSSR count). The van der Waals surface area contributed by atoms with E-state index in [-0.39, 0.29) is 11.8 Å². The first kappa shape index (κ1) is 15.5. The smallest absolute Gasteiger partial charge is 0.223 e. The number of benzene rings is 1. The van der Waals surface area contributed by atoms with Gasteiger partial charge in [-0.2, -0.15) is 0 Å². The van der Waals surface area contributed by atoms with Gasteiger partial charge in [-0.15, -0.1) is 14.8 Å². The molecule has 8 nitrogen and oxygen atoms in total. The Morgan fingerprint density at radius 3 is 2.92 bits per heavy atom. The lowest BCUT2D eigenvalue weighted by Gasteiger charge is -2.17. The molecule has 1 atom stereocenters. The molecule has 2 aromatic heterocycles. The zero-order valence-electron chi connectivity index (χ0n) is 13.7. The maximum Gasteiger partial charge on any atom is 0.223 e. The average molecular weight is 337 g/mol. The predicted octanol–water partition coefficient (Wildman–Crippen LogP) is 1.02. The minimum atomic E-state index is 0.228. The largest absolute Gasteiger partial charge is 0.368 e. The van der Waals surface area contributed by atoms with E-state index >= 15 is 0 Å². The van der Waals surface area contributed by atoms with Gasteiger partial charge in [0.25, 0.3) is 0 Å². The maximum absolute atomic E-state index is 12.2. The Morgan fingerprint density at radius 2 is 2.04 bits per heavy atom. The van der Waals surface area contributed by atoms with E-state index < -0.39 is 0 Å². The maximum atomic E-state index is 12.2. The van der Waals surface area contributed by atoms with Gasteiger partial charge in [0.15, 0.2) is 5.65 Å². The summed E-state index contributed by atoms with van der Waals surface area (Å²) in [6.07, 6.45) is 1.47. The number of aromatic nitrogens is 5. The molecule has 0 radical (unpaired) electrons. The predicted molar refractivity (Wildman–Crippen MR) is 91.9 cm³/mol. The molecule has 1 N–H and O–H groups in total. The van der Waals surface area contributed by atoms with Gasteiger partial charge in [0, 0.05) is 32.0 Å². The van der Waals surface area contributed by atoms with E-state index in [1.165, 1.54) is 10.2 Å². The zero-order chi connectivity index (χ0) is 17.1. The third-order valence-electron chi connectivity index (χ3n) is 4.45. The summed E-state index contributed by atoms with van der Waals surface area (Å²) >= 11 is 0. The number of hydrogen-bond donors (Lipinski definition) is 1. The molecule has 1 saturated heterocycles.